The van der Waals surface area contributed by atoms with Crippen molar-refractivity contribution in [2.75, 3.05) is 0 Å². The van der Waals surface area contributed by atoms with Gasteiger partial charge in [-0.25, -0.2) is 5.43 Å². The molecule has 7 nitrogen and oxygen atoms in total. The Morgan fingerprint density at radius 3 is 2.08 bits per heavy atom. The zero-order valence-electron chi connectivity index (χ0n) is 22.8. The summed E-state index contributed by atoms with van der Waals surface area (Å²) in [7, 11) is 0. The van der Waals surface area contributed by atoms with Crippen LogP contribution in [0, 0.1) is 20.8 Å². The third kappa shape index (κ3) is 6.69. The fraction of sp³-hybridized carbons (Fsp3) is 0.152. The molecule has 0 aliphatic heterocycles. The number of nitrogens with one attached hydrogen (secondary N) is 1. The molecule has 0 saturated heterocycles. The summed E-state index contributed by atoms with van der Waals surface area (Å²) in [6.45, 7) is 6.92. The zero-order valence-corrected chi connectivity index (χ0v) is 22.8. The van der Waals surface area contributed by atoms with E-state index in [-0.39, 0.29) is 12.4 Å². The van der Waals surface area contributed by atoms with E-state index in [0.717, 1.165) is 22.6 Å². The van der Waals surface area contributed by atoms with E-state index >= 15 is 0 Å². The second-order valence-corrected chi connectivity index (χ2v) is 9.54. The first-order valence-electron chi connectivity index (χ1n) is 13.0. The summed E-state index contributed by atoms with van der Waals surface area (Å²) in [5.41, 5.74) is 9.07. The first-order chi connectivity index (χ1) is 19.4. The predicted molar refractivity (Wildman–Crippen MR) is 155 cm³/mol. The van der Waals surface area contributed by atoms with Crippen molar-refractivity contribution < 1.29 is 18.7 Å². The van der Waals surface area contributed by atoms with Crippen LogP contribution in [0.1, 0.15) is 44.4 Å². The maximum atomic E-state index is 12.4. The van der Waals surface area contributed by atoms with E-state index in [1.807, 2.05) is 48.5 Å². The van der Waals surface area contributed by atoms with Gasteiger partial charge in [0.15, 0.2) is 5.76 Å². The number of benzene rings is 3. The van der Waals surface area contributed by atoms with Crippen LogP contribution in [-0.2, 0) is 13.2 Å². The smallest absolute Gasteiger partial charge is 0.307 e. The van der Waals surface area contributed by atoms with Gasteiger partial charge in [0.05, 0.1) is 6.21 Å². The van der Waals surface area contributed by atoms with Crippen molar-refractivity contribution in [3.63, 3.8) is 0 Å². The number of amides is 1. The number of carbonyl (C=O) groups is 1. The van der Waals surface area contributed by atoms with Crippen molar-refractivity contribution in [2.45, 2.75) is 34.0 Å². The molecule has 0 atom stereocenters. The Kier molecular flexibility index (Phi) is 8.11. The summed E-state index contributed by atoms with van der Waals surface area (Å²) in [6, 6.07) is 31.1. The van der Waals surface area contributed by atoms with Gasteiger partial charge in [-0.3, -0.25) is 4.79 Å². The van der Waals surface area contributed by atoms with Crippen molar-refractivity contribution >= 4 is 12.1 Å². The Morgan fingerprint density at radius 1 is 0.775 bits per heavy atom. The molecule has 0 radical (unpaired) electrons. The van der Waals surface area contributed by atoms with Crippen LogP contribution >= 0.6 is 0 Å². The third-order valence-corrected chi connectivity index (χ3v) is 6.42. The second-order valence-electron chi connectivity index (χ2n) is 9.54. The predicted octanol–water partition coefficient (Wildman–Crippen LogP) is 6.92. The van der Waals surface area contributed by atoms with Crippen LogP contribution in [0.2, 0.25) is 0 Å². The molecular weight excluding hydrogens is 502 g/mol. The normalized spacial score (nSPS) is 11.1. The van der Waals surface area contributed by atoms with E-state index in [0.29, 0.717) is 18.1 Å². The Hall–Kier alpha value is -5.04. The average Bonchev–Trinajstić information content (AvgIpc) is 3.58. The lowest BCUT2D eigenvalue weighted by molar-refractivity contribution is 0.0923. The minimum Gasteiger partial charge on any atom is -0.489 e. The highest BCUT2D eigenvalue weighted by Gasteiger charge is 2.11. The SMILES string of the molecule is Cc1ccc(COc2ccc(/C=N/NC(=O)c3ccc(COc4ccc(-n5c(C)ccc5C)cc4)o3)cc2)cc1. The second kappa shape index (κ2) is 12.2. The van der Waals surface area contributed by atoms with Gasteiger partial charge in [0.1, 0.15) is 30.5 Å². The molecule has 0 saturated carbocycles. The Labute approximate surface area is 233 Å². The Balaban J connectivity index is 1.08. The minimum atomic E-state index is -0.442. The fourth-order valence-corrected chi connectivity index (χ4v) is 4.22. The summed E-state index contributed by atoms with van der Waals surface area (Å²) in [5, 5.41) is 4.04. The number of rotatable bonds is 10. The Morgan fingerprint density at radius 2 is 1.40 bits per heavy atom. The molecule has 40 heavy (non-hydrogen) atoms. The molecule has 1 N–H and O–H groups in total. The van der Waals surface area contributed by atoms with Crippen molar-refractivity contribution in [1.82, 2.24) is 9.99 Å². The Bertz CT molecular complexity index is 1580. The molecule has 2 aromatic heterocycles. The van der Waals surface area contributed by atoms with Crippen molar-refractivity contribution in [3.8, 4) is 17.2 Å². The lowest BCUT2D eigenvalue weighted by Gasteiger charge is -2.10. The molecule has 3 aromatic carbocycles. The molecule has 2 heterocycles. The standard InChI is InChI=1S/C33H31N3O4/c1-23-4-8-27(9-5-23)21-38-29-14-10-26(11-15-29)20-34-35-33(37)32-19-18-31(40-32)22-39-30-16-12-28(13-17-30)36-24(2)6-7-25(36)3/h4-20H,21-22H2,1-3H3,(H,35,37)/b34-20+. The molecule has 202 valence electrons. The highest BCUT2D eigenvalue weighted by molar-refractivity contribution is 5.92. The number of hydrazone groups is 1. The fourth-order valence-electron chi connectivity index (χ4n) is 4.22. The highest BCUT2D eigenvalue weighted by Crippen LogP contribution is 2.21. The molecule has 0 aliphatic carbocycles. The van der Waals surface area contributed by atoms with Crippen LogP contribution in [0.4, 0.5) is 0 Å². The first-order valence-corrected chi connectivity index (χ1v) is 13.0. The summed E-state index contributed by atoms with van der Waals surface area (Å²) in [5.74, 6) is 1.72. The van der Waals surface area contributed by atoms with Gasteiger partial charge in [0, 0.05) is 17.1 Å². The van der Waals surface area contributed by atoms with E-state index in [4.69, 9.17) is 13.9 Å². The minimum absolute atomic E-state index is 0.157. The van der Waals surface area contributed by atoms with Crippen LogP contribution in [0.5, 0.6) is 11.5 Å². The molecule has 0 unspecified atom stereocenters. The maximum absolute atomic E-state index is 12.4. The van der Waals surface area contributed by atoms with E-state index in [1.165, 1.54) is 17.0 Å². The molecule has 0 bridgehead atoms. The topological polar surface area (TPSA) is 78.0 Å². The summed E-state index contributed by atoms with van der Waals surface area (Å²) in [4.78, 5) is 12.4. The average molecular weight is 534 g/mol. The summed E-state index contributed by atoms with van der Waals surface area (Å²) >= 11 is 0. The van der Waals surface area contributed by atoms with Crippen molar-refractivity contribution in [2.24, 2.45) is 5.10 Å². The number of hydrogen-bond donors (Lipinski definition) is 1. The quantitative estimate of drug-likeness (QED) is 0.156. The molecular formula is C33H31N3O4. The van der Waals surface area contributed by atoms with Crippen LogP contribution < -0.4 is 14.9 Å². The number of aryl methyl sites for hydroxylation is 3. The number of aromatic nitrogens is 1. The van der Waals surface area contributed by atoms with Gasteiger partial charge in [0.25, 0.3) is 0 Å². The van der Waals surface area contributed by atoms with Gasteiger partial charge < -0.3 is 18.5 Å². The van der Waals surface area contributed by atoms with Crippen LogP contribution in [0.25, 0.3) is 5.69 Å². The van der Waals surface area contributed by atoms with Gasteiger partial charge in [-0.05, 0) is 105 Å². The number of ether oxygens (including phenoxy) is 2. The van der Waals surface area contributed by atoms with Gasteiger partial charge in [-0.2, -0.15) is 5.10 Å². The molecule has 0 spiro atoms. The van der Waals surface area contributed by atoms with Gasteiger partial charge in [0.2, 0.25) is 0 Å². The molecule has 1 amide bonds. The molecule has 0 fully saturated rings. The zero-order chi connectivity index (χ0) is 27.9. The van der Waals surface area contributed by atoms with Gasteiger partial charge >= 0.3 is 5.91 Å². The van der Waals surface area contributed by atoms with Crippen LogP contribution in [0.3, 0.4) is 0 Å². The highest BCUT2D eigenvalue weighted by atomic mass is 16.5. The lowest BCUT2D eigenvalue weighted by Crippen LogP contribution is -2.16. The van der Waals surface area contributed by atoms with Gasteiger partial charge in [-0.15, -0.1) is 0 Å². The number of carbonyl (C=O) groups excluding carboxylic acids is 1. The number of furan rings is 1. The number of hydrogen-bond acceptors (Lipinski definition) is 5. The van der Waals surface area contributed by atoms with E-state index in [9.17, 15) is 4.79 Å². The van der Waals surface area contributed by atoms with E-state index in [2.05, 4.69) is 72.3 Å². The third-order valence-electron chi connectivity index (χ3n) is 6.42. The first kappa shape index (κ1) is 26.6. The number of nitrogens with zero attached hydrogens (tertiary/aromatic N) is 2. The van der Waals surface area contributed by atoms with Crippen LogP contribution in [-0.4, -0.2) is 16.7 Å². The van der Waals surface area contributed by atoms with E-state index in [1.54, 1.807) is 18.3 Å². The lowest BCUT2D eigenvalue weighted by atomic mass is 10.2. The summed E-state index contributed by atoms with van der Waals surface area (Å²) < 4.78 is 19.5. The van der Waals surface area contributed by atoms with Crippen molar-refractivity contribution in [3.05, 3.63) is 137 Å². The molecule has 5 rings (SSSR count). The summed E-state index contributed by atoms with van der Waals surface area (Å²) in [6.07, 6.45) is 1.56. The molecule has 7 heteroatoms. The monoisotopic (exact) mass is 533 g/mol. The van der Waals surface area contributed by atoms with Gasteiger partial charge in [-0.1, -0.05) is 29.8 Å². The largest absolute Gasteiger partial charge is 0.489 e. The molecule has 0 aliphatic rings. The van der Waals surface area contributed by atoms with Crippen LogP contribution in [0.15, 0.2) is 107 Å². The van der Waals surface area contributed by atoms with Crippen molar-refractivity contribution in [1.29, 1.82) is 0 Å². The maximum Gasteiger partial charge on any atom is 0.307 e. The van der Waals surface area contributed by atoms with E-state index < -0.39 is 5.91 Å². The molecule has 5 aromatic rings.